The highest BCUT2D eigenvalue weighted by Crippen LogP contribution is 2.44. The summed E-state index contributed by atoms with van der Waals surface area (Å²) in [6.07, 6.45) is -0.973. The molecule has 1 saturated carbocycles. The molecular weight excluding hydrogens is 346 g/mol. The summed E-state index contributed by atoms with van der Waals surface area (Å²) in [6, 6.07) is 16.0. The molecule has 2 aliphatic rings. The molecule has 4 rings (SSSR count). The van der Waals surface area contributed by atoms with Gasteiger partial charge in [-0.1, -0.05) is 48.5 Å². The molecule has 2 atom stereocenters. The molecular formula is C21H21NO5. The monoisotopic (exact) mass is 367 g/mol. The SMILES string of the molecule is O=C(N[C@]1(C(=O)O)CC[C@@H](O)C1)OCC1c2ccccc2-c2ccccc21. The molecule has 0 heterocycles. The summed E-state index contributed by atoms with van der Waals surface area (Å²) >= 11 is 0. The Morgan fingerprint density at radius 1 is 1.07 bits per heavy atom. The van der Waals surface area contributed by atoms with Gasteiger partial charge in [-0.25, -0.2) is 9.59 Å². The van der Waals surface area contributed by atoms with Crippen molar-refractivity contribution in [1.82, 2.24) is 5.32 Å². The van der Waals surface area contributed by atoms with Gasteiger partial charge in [0.05, 0.1) is 6.10 Å². The Hall–Kier alpha value is -2.86. The lowest BCUT2D eigenvalue weighted by Crippen LogP contribution is -2.53. The first-order valence-corrected chi connectivity index (χ1v) is 9.05. The topological polar surface area (TPSA) is 95.9 Å². The average molecular weight is 367 g/mol. The van der Waals surface area contributed by atoms with E-state index in [1.807, 2.05) is 48.5 Å². The maximum absolute atomic E-state index is 12.3. The number of hydrogen-bond donors (Lipinski definition) is 3. The Bertz CT molecular complexity index is 850. The van der Waals surface area contributed by atoms with Crippen molar-refractivity contribution in [2.45, 2.75) is 36.8 Å². The zero-order chi connectivity index (χ0) is 19.0. The summed E-state index contributed by atoms with van der Waals surface area (Å²) in [5.41, 5.74) is 2.99. The van der Waals surface area contributed by atoms with E-state index in [0.29, 0.717) is 6.42 Å². The number of nitrogens with one attached hydrogen (secondary N) is 1. The van der Waals surface area contributed by atoms with Gasteiger partial charge in [-0.2, -0.15) is 0 Å². The molecule has 2 aromatic carbocycles. The van der Waals surface area contributed by atoms with E-state index >= 15 is 0 Å². The maximum Gasteiger partial charge on any atom is 0.408 e. The number of carboxylic acids is 1. The van der Waals surface area contributed by atoms with E-state index in [1.165, 1.54) is 0 Å². The van der Waals surface area contributed by atoms with Crippen LogP contribution in [0.25, 0.3) is 11.1 Å². The van der Waals surface area contributed by atoms with E-state index in [2.05, 4.69) is 5.32 Å². The predicted octanol–water partition coefficient (Wildman–Crippen LogP) is 2.89. The van der Waals surface area contributed by atoms with Crippen molar-refractivity contribution in [1.29, 1.82) is 0 Å². The second kappa shape index (κ2) is 6.70. The minimum atomic E-state index is -1.46. The highest BCUT2D eigenvalue weighted by molar-refractivity contribution is 5.85. The molecule has 140 valence electrons. The van der Waals surface area contributed by atoms with Crippen LogP contribution in [-0.2, 0) is 9.53 Å². The number of aliphatic hydroxyl groups is 1. The quantitative estimate of drug-likeness (QED) is 0.772. The fraction of sp³-hybridized carbons (Fsp3) is 0.333. The van der Waals surface area contributed by atoms with E-state index in [0.717, 1.165) is 22.3 Å². The molecule has 0 unspecified atom stereocenters. The lowest BCUT2D eigenvalue weighted by molar-refractivity contribution is -0.144. The van der Waals surface area contributed by atoms with Crippen LogP contribution >= 0.6 is 0 Å². The van der Waals surface area contributed by atoms with Gasteiger partial charge in [0.15, 0.2) is 0 Å². The van der Waals surface area contributed by atoms with Crippen molar-refractivity contribution < 1.29 is 24.5 Å². The zero-order valence-electron chi connectivity index (χ0n) is 14.7. The van der Waals surface area contributed by atoms with Crippen LogP contribution in [0.4, 0.5) is 4.79 Å². The lowest BCUT2D eigenvalue weighted by atomic mass is 9.97. The van der Waals surface area contributed by atoms with Gasteiger partial charge >= 0.3 is 12.1 Å². The molecule has 0 aromatic heterocycles. The summed E-state index contributed by atoms with van der Waals surface area (Å²) in [5.74, 6) is -1.23. The molecule has 0 aliphatic heterocycles. The van der Waals surface area contributed by atoms with Gasteiger partial charge < -0.3 is 20.3 Å². The van der Waals surface area contributed by atoms with Crippen LogP contribution in [0.5, 0.6) is 0 Å². The van der Waals surface area contributed by atoms with Gasteiger partial charge in [-0.15, -0.1) is 0 Å². The number of fused-ring (bicyclic) bond motifs is 3. The summed E-state index contributed by atoms with van der Waals surface area (Å²) in [5, 5.41) is 21.7. The van der Waals surface area contributed by atoms with Gasteiger partial charge in [-0.3, -0.25) is 0 Å². The second-order valence-corrected chi connectivity index (χ2v) is 7.23. The van der Waals surface area contributed by atoms with Gasteiger partial charge in [0.25, 0.3) is 0 Å². The highest BCUT2D eigenvalue weighted by atomic mass is 16.5. The smallest absolute Gasteiger partial charge is 0.408 e. The van der Waals surface area contributed by atoms with Crippen molar-refractivity contribution in [3.05, 3.63) is 59.7 Å². The number of alkyl carbamates (subject to hydrolysis) is 1. The van der Waals surface area contributed by atoms with E-state index in [4.69, 9.17) is 4.74 Å². The third-order valence-corrected chi connectivity index (χ3v) is 5.58. The highest BCUT2D eigenvalue weighted by Gasteiger charge is 2.47. The van der Waals surface area contributed by atoms with Gasteiger partial charge in [0.2, 0.25) is 0 Å². The Morgan fingerprint density at radius 2 is 1.67 bits per heavy atom. The first kappa shape index (κ1) is 17.5. The fourth-order valence-electron chi connectivity index (χ4n) is 4.21. The number of aliphatic carboxylic acids is 1. The second-order valence-electron chi connectivity index (χ2n) is 7.23. The Labute approximate surface area is 156 Å². The van der Waals surface area contributed by atoms with E-state index in [1.54, 1.807) is 0 Å². The molecule has 2 aromatic rings. The summed E-state index contributed by atoms with van der Waals surface area (Å²) in [7, 11) is 0. The molecule has 0 bridgehead atoms. The van der Waals surface area contributed by atoms with Crippen molar-refractivity contribution in [3.8, 4) is 11.1 Å². The van der Waals surface area contributed by atoms with Crippen molar-refractivity contribution >= 4 is 12.1 Å². The Balaban J connectivity index is 1.49. The van der Waals surface area contributed by atoms with Crippen LogP contribution in [0, 0.1) is 0 Å². The molecule has 0 saturated heterocycles. The number of ether oxygens (including phenoxy) is 1. The molecule has 6 heteroatoms. The first-order valence-electron chi connectivity index (χ1n) is 9.05. The van der Waals surface area contributed by atoms with Crippen LogP contribution in [0.3, 0.4) is 0 Å². The van der Waals surface area contributed by atoms with Crippen LogP contribution in [0.1, 0.15) is 36.3 Å². The van der Waals surface area contributed by atoms with Gasteiger partial charge in [0, 0.05) is 12.3 Å². The summed E-state index contributed by atoms with van der Waals surface area (Å²) < 4.78 is 5.42. The zero-order valence-corrected chi connectivity index (χ0v) is 14.7. The number of hydrogen-bond acceptors (Lipinski definition) is 4. The fourth-order valence-corrected chi connectivity index (χ4v) is 4.21. The van der Waals surface area contributed by atoms with Crippen LogP contribution in [0.15, 0.2) is 48.5 Å². The summed E-state index contributed by atoms with van der Waals surface area (Å²) in [4.78, 5) is 23.9. The number of aliphatic hydroxyl groups excluding tert-OH is 1. The van der Waals surface area contributed by atoms with E-state index < -0.39 is 23.7 Å². The largest absolute Gasteiger partial charge is 0.480 e. The number of rotatable bonds is 4. The van der Waals surface area contributed by atoms with Crippen LogP contribution in [0.2, 0.25) is 0 Å². The minimum Gasteiger partial charge on any atom is -0.480 e. The first-order chi connectivity index (χ1) is 13.0. The molecule has 0 spiro atoms. The lowest BCUT2D eigenvalue weighted by Gasteiger charge is -2.25. The average Bonchev–Trinajstić information content (AvgIpc) is 3.19. The van der Waals surface area contributed by atoms with Gasteiger partial charge in [0.1, 0.15) is 12.1 Å². The van der Waals surface area contributed by atoms with Crippen LogP contribution < -0.4 is 5.32 Å². The molecule has 27 heavy (non-hydrogen) atoms. The number of amides is 1. The number of benzene rings is 2. The standard InChI is InChI=1S/C21H21NO5/c23-13-9-10-21(11-13,19(24)25)22-20(26)27-12-18-16-7-3-1-5-14(16)15-6-2-4-8-17(15)18/h1-8,13,18,23H,9-12H2,(H,22,26)(H,24,25)/t13-,21-/m1/s1. The maximum atomic E-state index is 12.3. The van der Waals surface area contributed by atoms with E-state index in [9.17, 15) is 19.8 Å². The third-order valence-electron chi connectivity index (χ3n) is 5.58. The van der Waals surface area contributed by atoms with Crippen molar-refractivity contribution in [2.24, 2.45) is 0 Å². The van der Waals surface area contributed by atoms with Gasteiger partial charge in [-0.05, 0) is 35.1 Å². The molecule has 2 aliphatic carbocycles. The number of carbonyl (C=O) groups is 2. The molecule has 3 N–H and O–H groups in total. The molecule has 0 radical (unpaired) electrons. The molecule has 1 amide bonds. The van der Waals surface area contributed by atoms with E-state index in [-0.39, 0.29) is 25.4 Å². The summed E-state index contributed by atoms with van der Waals surface area (Å²) in [6.45, 7) is 0.123. The van der Waals surface area contributed by atoms with Crippen molar-refractivity contribution in [2.75, 3.05) is 6.61 Å². The Kier molecular flexibility index (Phi) is 4.36. The molecule has 1 fully saturated rings. The number of carboxylic acid groups (broad SMARTS) is 1. The van der Waals surface area contributed by atoms with Crippen LogP contribution in [-0.4, -0.2) is 40.5 Å². The Morgan fingerprint density at radius 3 is 2.19 bits per heavy atom. The molecule has 6 nitrogen and oxygen atoms in total. The minimum absolute atomic E-state index is 0.00741. The predicted molar refractivity (Wildman–Crippen MR) is 98.4 cm³/mol. The normalized spacial score (nSPS) is 23.5. The third kappa shape index (κ3) is 3.06. The number of carbonyl (C=O) groups excluding carboxylic acids is 1. The van der Waals surface area contributed by atoms with Crippen molar-refractivity contribution in [3.63, 3.8) is 0 Å².